The summed E-state index contributed by atoms with van der Waals surface area (Å²) in [6.45, 7) is 6.69. The van der Waals surface area contributed by atoms with Crippen LogP contribution in [-0.2, 0) is 19.3 Å². The van der Waals surface area contributed by atoms with E-state index in [1.54, 1.807) is 0 Å². The van der Waals surface area contributed by atoms with Crippen molar-refractivity contribution in [1.29, 1.82) is 0 Å². The zero-order valence-electron chi connectivity index (χ0n) is 8.98. The smallest absolute Gasteiger partial charge is 0.0146 e. The van der Waals surface area contributed by atoms with E-state index in [2.05, 4.69) is 39.0 Å². The second kappa shape index (κ2) is 5.06. The lowest BCUT2D eigenvalue weighted by Crippen LogP contribution is -1.98. The van der Waals surface area contributed by atoms with Gasteiger partial charge in [-0.15, -0.1) is 0 Å². The van der Waals surface area contributed by atoms with E-state index in [1.165, 1.54) is 29.5 Å². The Labute approximate surface area is 82.0 Å². The van der Waals surface area contributed by atoms with Crippen molar-refractivity contribution in [2.24, 2.45) is 0 Å². The van der Waals surface area contributed by atoms with Gasteiger partial charge in [0.25, 0.3) is 0 Å². The highest BCUT2D eigenvalue weighted by atomic mass is 14.1. The van der Waals surface area contributed by atoms with Crippen molar-refractivity contribution in [3.63, 3.8) is 0 Å². The lowest BCUT2D eigenvalue weighted by Gasteiger charge is -2.10. The fourth-order valence-corrected chi connectivity index (χ4v) is 1.87. The lowest BCUT2D eigenvalue weighted by atomic mass is 9.95. The molecule has 1 aromatic rings. The second-order valence-corrected chi connectivity index (χ2v) is 3.42. The molecule has 1 radical (unpaired) electrons. The highest BCUT2D eigenvalue weighted by Crippen LogP contribution is 2.17. The predicted octanol–water partition coefficient (Wildman–Crippen LogP) is 3.56. The van der Waals surface area contributed by atoms with Crippen molar-refractivity contribution in [1.82, 2.24) is 0 Å². The lowest BCUT2D eigenvalue weighted by molar-refractivity contribution is 0.885. The fourth-order valence-electron chi connectivity index (χ4n) is 1.87. The third kappa shape index (κ3) is 2.33. The molecule has 0 fully saturated rings. The molecule has 0 unspecified atom stereocenters. The van der Waals surface area contributed by atoms with Crippen LogP contribution in [0.4, 0.5) is 0 Å². The summed E-state index contributed by atoms with van der Waals surface area (Å²) in [5.41, 5.74) is 4.47. The summed E-state index contributed by atoms with van der Waals surface area (Å²) in [5.74, 6) is 0. The summed E-state index contributed by atoms with van der Waals surface area (Å²) >= 11 is 0. The average Bonchev–Trinajstić information content (AvgIpc) is 2.18. The van der Waals surface area contributed by atoms with Crippen molar-refractivity contribution in [3.05, 3.63) is 34.9 Å². The van der Waals surface area contributed by atoms with Crippen LogP contribution < -0.4 is 0 Å². The van der Waals surface area contributed by atoms with Crippen molar-refractivity contribution < 1.29 is 0 Å². The summed E-state index contributed by atoms with van der Waals surface area (Å²) < 4.78 is 0. The molecule has 0 saturated heterocycles. The molecule has 0 spiro atoms. The topological polar surface area (TPSA) is 0 Å². The Morgan fingerprint density at radius 2 is 1.92 bits per heavy atom. The van der Waals surface area contributed by atoms with Crippen LogP contribution in [0, 0.1) is 6.07 Å². The van der Waals surface area contributed by atoms with Gasteiger partial charge in [0, 0.05) is 0 Å². The Bertz CT molecular complexity index is 261. The Morgan fingerprint density at radius 3 is 2.46 bits per heavy atom. The Hall–Kier alpha value is -0.780. The molecule has 0 atom stereocenters. The minimum Gasteiger partial charge on any atom is -0.0651 e. The number of aryl methyl sites for hydroxylation is 2. The maximum Gasteiger partial charge on any atom is -0.0146 e. The van der Waals surface area contributed by atoms with E-state index in [0.717, 1.165) is 12.8 Å². The number of benzene rings is 1. The van der Waals surface area contributed by atoms with Gasteiger partial charge in [-0.05, 0) is 42.0 Å². The Morgan fingerprint density at radius 1 is 1.15 bits per heavy atom. The van der Waals surface area contributed by atoms with Gasteiger partial charge < -0.3 is 0 Å². The minimum absolute atomic E-state index is 1.15. The summed E-state index contributed by atoms with van der Waals surface area (Å²) in [7, 11) is 0. The molecule has 0 heteroatoms. The van der Waals surface area contributed by atoms with Gasteiger partial charge in [0.05, 0.1) is 0 Å². The van der Waals surface area contributed by atoms with Gasteiger partial charge in [-0.3, -0.25) is 0 Å². The molecule has 0 aliphatic carbocycles. The van der Waals surface area contributed by atoms with E-state index in [9.17, 15) is 0 Å². The monoisotopic (exact) mass is 175 g/mol. The van der Waals surface area contributed by atoms with Gasteiger partial charge >= 0.3 is 0 Å². The number of rotatable bonds is 4. The van der Waals surface area contributed by atoms with E-state index < -0.39 is 0 Å². The molecule has 0 saturated carbocycles. The minimum atomic E-state index is 1.15. The average molecular weight is 175 g/mol. The third-order valence-electron chi connectivity index (χ3n) is 2.53. The normalized spacial score (nSPS) is 10.4. The van der Waals surface area contributed by atoms with Gasteiger partial charge in [0.2, 0.25) is 0 Å². The molecular weight excluding hydrogens is 156 g/mol. The van der Waals surface area contributed by atoms with E-state index in [1.807, 2.05) is 0 Å². The zero-order chi connectivity index (χ0) is 9.68. The first-order valence-electron chi connectivity index (χ1n) is 5.34. The molecular formula is C13H19. The third-order valence-corrected chi connectivity index (χ3v) is 2.53. The molecule has 13 heavy (non-hydrogen) atoms. The summed E-state index contributed by atoms with van der Waals surface area (Å²) in [6.07, 6.45) is 4.69. The largest absolute Gasteiger partial charge is 0.0651 e. The van der Waals surface area contributed by atoms with Crippen LogP contribution in [0.2, 0.25) is 0 Å². The highest BCUT2D eigenvalue weighted by molar-refractivity contribution is 5.34. The van der Waals surface area contributed by atoms with Crippen molar-refractivity contribution in [2.45, 2.75) is 46.5 Å². The summed E-state index contributed by atoms with van der Waals surface area (Å²) in [4.78, 5) is 0. The van der Waals surface area contributed by atoms with Crippen LogP contribution in [0.25, 0.3) is 0 Å². The first kappa shape index (κ1) is 10.3. The van der Waals surface area contributed by atoms with Gasteiger partial charge in [-0.25, -0.2) is 0 Å². The Balaban J connectivity index is 3.03. The van der Waals surface area contributed by atoms with Gasteiger partial charge in [-0.1, -0.05) is 39.3 Å². The van der Waals surface area contributed by atoms with Crippen molar-refractivity contribution in [2.75, 3.05) is 0 Å². The van der Waals surface area contributed by atoms with Crippen LogP contribution in [0.5, 0.6) is 0 Å². The maximum absolute atomic E-state index is 3.36. The molecule has 0 heterocycles. The number of hydrogen-bond acceptors (Lipinski definition) is 0. The molecule has 0 nitrogen and oxygen atoms in total. The van der Waals surface area contributed by atoms with Gasteiger partial charge in [0.1, 0.15) is 0 Å². The van der Waals surface area contributed by atoms with Crippen molar-refractivity contribution in [3.8, 4) is 0 Å². The van der Waals surface area contributed by atoms with E-state index in [0.29, 0.717) is 0 Å². The van der Waals surface area contributed by atoms with Crippen LogP contribution in [-0.4, -0.2) is 0 Å². The quantitative estimate of drug-likeness (QED) is 0.656. The SMILES string of the molecule is CCCc1[c]ccc(CC)c1CC. The predicted molar refractivity (Wildman–Crippen MR) is 58.0 cm³/mol. The summed E-state index contributed by atoms with van der Waals surface area (Å²) in [5, 5.41) is 0. The molecule has 0 bridgehead atoms. The Kier molecular flexibility index (Phi) is 4.01. The molecule has 0 aliphatic heterocycles. The zero-order valence-corrected chi connectivity index (χ0v) is 8.98. The summed E-state index contributed by atoms with van der Waals surface area (Å²) in [6, 6.07) is 7.64. The van der Waals surface area contributed by atoms with E-state index in [-0.39, 0.29) is 0 Å². The van der Waals surface area contributed by atoms with Crippen LogP contribution in [0.1, 0.15) is 43.9 Å². The number of hydrogen-bond donors (Lipinski definition) is 0. The van der Waals surface area contributed by atoms with Gasteiger partial charge in [-0.2, -0.15) is 0 Å². The molecule has 0 aromatic heterocycles. The van der Waals surface area contributed by atoms with Crippen LogP contribution in [0.3, 0.4) is 0 Å². The van der Waals surface area contributed by atoms with Crippen molar-refractivity contribution >= 4 is 0 Å². The maximum atomic E-state index is 3.36. The molecule has 1 aromatic carbocycles. The van der Waals surface area contributed by atoms with Gasteiger partial charge in [0.15, 0.2) is 0 Å². The van der Waals surface area contributed by atoms with Crippen LogP contribution >= 0.6 is 0 Å². The van der Waals surface area contributed by atoms with Crippen LogP contribution in [0.15, 0.2) is 12.1 Å². The molecule has 0 amide bonds. The standard InChI is InChI=1S/C13H19/c1-4-8-12-10-7-9-11(5-2)13(12)6-3/h7,9H,4-6,8H2,1-3H3. The fraction of sp³-hybridized carbons (Fsp3) is 0.538. The highest BCUT2D eigenvalue weighted by Gasteiger charge is 2.03. The van der Waals surface area contributed by atoms with E-state index >= 15 is 0 Å². The molecule has 71 valence electrons. The first-order chi connectivity index (χ1) is 6.33. The molecule has 1 rings (SSSR count). The second-order valence-electron chi connectivity index (χ2n) is 3.42. The first-order valence-corrected chi connectivity index (χ1v) is 5.34. The molecule has 0 aliphatic rings. The molecule has 0 N–H and O–H groups in total. The van der Waals surface area contributed by atoms with E-state index in [4.69, 9.17) is 0 Å².